The molecule has 1 saturated heterocycles. The van der Waals surface area contributed by atoms with Gasteiger partial charge in [-0.15, -0.1) is 0 Å². The highest BCUT2D eigenvalue weighted by atomic mass is 15.2. The number of piperidine rings is 1. The fourth-order valence-electron chi connectivity index (χ4n) is 2.55. The SMILES string of the molecule is CCN(CCN(C)C(C)C)CC1CCN(C)CC1. The van der Waals surface area contributed by atoms with Crippen molar-refractivity contribution in [3.05, 3.63) is 0 Å². The monoisotopic (exact) mass is 255 g/mol. The summed E-state index contributed by atoms with van der Waals surface area (Å²) in [5.74, 6) is 0.922. The van der Waals surface area contributed by atoms with E-state index in [0.717, 1.165) is 5.92 Å². The topological polar surface area (TPSA) is 9.72 Å². The molecule has 1 rings (SSSR count). The molecule has 1 heterocycles. The van der Waals surface area contributed by atoms with E-state index in [4.69, 9.17) is 0 Å². The van der Waals surface area contributed by atoms with Crippen molar-refractivity contribution in [1.29, 1.82) is 0 Å². The Labute approximate surface area is 114 Å². The van der Waals surface area contributed by atoms with E-state index >= 15 is 0 Å². The molecule has 0 atom stereocenters. The molecular weight excluding hydrogens is 222 g/mol. The molecule has 0 aromatic carbocycles. The first-order valence-corrected chi connectivity index (χ1v) is 7.64. The van der Waals surface area contributed by atoms with Gasteiger partial charge in [0.1, 0.15) is 0 Å². The molecule has 1 aliphatic heterocycles. The van der Waals surface area contributed by atoms with Crippen molar-refractivity contribution in [3.8, 4) is 0 Å². The lowest BCUT2D eigenvalue weighted by Crippen LogP contribution is -2.41. The Morgan fingerprint density at radius 3 is 2.28 bits per heavy atom. The number of likely N-dealkylation sites (N-methyl/N-ethyl adjacent to an activating group) is 2. The summed E-state index contributed by atoms with van der Waals surface area (Å²) in [6.45, 7) is 14.3. The molecule has 0 unspecified atom stereocenters. The predicted molar refractivity (Wildman–Crippen MR) is 80.1 cm³/mol. The van der Waals surface area contributed by atoms with E-state index in [2.05, 4.69) is 49.6 Å². The standard InChI is InChI=1S/C15H33N3/c1-6-18(12-11-17(5)14(2)3)13-15-7-9-16(4)10-8-15/h14-15H,6-13H2,1-5H3. The summed E-state index contributed by atoms with van der Waals surface area (Å²) in [6, 6.07) is 0.659. The largest absolute Gasteiger partial charge is 0.306 e. The van der Waals surface area contributed by atoms with E-state index in [1.807, 2.05) is 0 Å². The number of nitrogens with zero attached hydrogens (tertiary/aromatic N) is 3. The number of hydrogen-bond donors (Lipinski definition) is 0. The highest BCUT2D eigenvalue weighted by Crippen LogP contribution is 2.17. The molecule has 0 radical (unpaired) electrons. The average Bonchev–Trinajstić information content (AvgIpc) is 2.36. The summed E-state index contributed by atoms with van der Waals surface area (Å²) in [4.78, 5) is 7.53. The summed E-state index contributed by atoms with van der Waals surface area (Å²) < 4.78 is 0. The molecule has 1 fully saturated rings. The van der Waals surface area contributed by atoms with Gasteiger partial charge in [-0.3, -0.25) is 0 Å². The second-order valence-corrected chi connectivity index (χ2v) is 6.21. The van der Waals surface area contributed by atoms with Crippen LogP contribution in [0.2, 0.25) is 0 Å². The number of hydrogen-bond acceptors (Lipinski definition) is 3. The summed E-state index contributed by atoms with van der Waals surface area (Å²) in [5, 5.41) is 0. The van der Waals surface area contributed by atoms with Gasteiger partial charge in [-0.25, -0.2) is 0 Å². The molecule has 3 nitrogen and oxygen atoms in total. The zero-order valence-electron chi connectivity index (χ0n) is 13.2. The summed E-state index contributed by atoms with van der Waals surface area (Å²) in [6.07, 6.45) is 2.76. The first-order valence-electron chi connectivity index (χ1n) is 7.64. The first-order chi connectivity index (χ1) is 8.52. The van der Waals surface area contributed by atoms with Crippen LogP contribution in [-0.4, -0.2) is 74.1 Å². The van der Waals surface area contributed by atoms with Crippen LogP contribution in [0.15, 0.2) is 0 Å². The average molecular weight is 255 g/mol. The number of likely N-dealkylation sites (tertiary alicyclic amines) is 1. The molecule has 18 heavy (non-hydrogen) atoms. The van der Waals surface area contributed by atoms with Gasteiger partial charge in [-0.05, 0) is 66.3 Å². The minimum Gasteiger partial charge on any atom is -0.306 e. The molecule has 1 aliphatic rings. The third-order valence-electron chi connectivity index (χ3n) is 4.45. The normalized spacial score (nSPS) is 19.3. The maximum atomic E-state index is 2.63. The van der Waals surface area contributed by atoms with Crippen LogP contribution in [0.5, 0.6) is 0 Å². The van der Waals surface area contributed by atoms with Gasteiger partial charge in [0.05, 0.1) is 0 Å². The fourth-order valence-corrected chi connectivity index (χ4v) is 2.55. The van der Waals surface area contributed by atoms with E-state index < -0.39 is 0 Å². The zero-order chi connectivity index (χ0) is 13.5. The molecule has 0 saturated carbocycles. The molecule has 0 bridgehead atoms. The van der Waals surface area contributed by atoms with E-state index in [9.17, 15) is 0 Å². The highest BCUT2D eigenvalue weighted by Gasteiger charge is 2.19. The first kappa shape index (κ1) is 15.9. The van der Waals surface area contributed by atoms with Crippen LogP contribution in [0.25, 0.3) is 0 Å². The van der Waals surface area contributed by atoms with Crippen LogP contribution < -0.4 is 0 Å². The Morgan fingerprint density at radius 1 is 1.17 bits per heavy atom. The van der Waals surface area contributed by atoms with Gasteiger partial charge in [0.2, 0.25) is 0 Å². The van der Waals surface area contributed by atoms with Crippen molar-refractivity contribution in [3.63, 3.8) is 0 Å². The maximum absolute atomic E-state index is 2.63. The fraction of sp³-hybridized carbons (Fsp3) is 1.00. The molecule has 0 aromatic rings. The van der Waals surface area contributed by atoms with E-state index in [1.54, 1.807) is 0 Å². The van der Waals surface area contributed by atoms with Crippen LogP contribution in [0.4, 0.5) is 0 Å². The van der Waals surface area contributed by atoms with Gasteiger partial charge >= 0.3 is 0 Å². The Hall–Kier alpha value is -0.120. The van der Waals surface area contributed by atoms with Gasteiger partial charge < -0.3 is 14.7 Å². The predicted octanol–water partition coefficient (Wildman–Crippen LogP) is 1.99. The summed E-state index contributed by atoms with van der Waals surface area (Å²) in [5.41, 5.74) is 0. The van der Waals surface area contributed by atoms with Gasteiger partial charge in [0.15, 0.2) is 0 Å². The van der Waals surface area contributed by atoms with Crippen LogP contribution in [0.3, 0.4) is 0 Å². The molecule has 0 aromatic heterocycles. The lowest BCUT2D eigenvalue weighted by atomic mass is 9.96. The molecule has 3 heteroatoms. The minimum atomic E-state index is 0.659. The van der Waals surface area contributed by atoms with Crippen molar-refractivity contribution in [2.45, 2.75) is 39.7 Å². The van der Waals surface area contributed by atoms with Crippen LogP contribution in [0.1, 0.15) is 33.6 Å². The zero-order valence-corrected chi connectivity index (χ0v) is 13.2. The molecular formula is C15H33N3. The van der Waals surface area contributed by atoms with Crippen molar-refractivity contribution in [2.75, 3.05) is 53.4 Å². The van der Waals surface area contributed by atoms with Crippen molar-refractivity contribution in [2.24, 2.45) is 5.92 Å². The van der Waals surface area contributed by atoms with E-state index in [0.29, 0.717) is 6.04 Å². The second-order valence-electron chi connectivity index (χ2n) is 6.21. The third kappa shape index (κ3) is 5.68. The van der Waals surface area contributed by atoms with Crippen LogP contribution in [-0.2, 0) is 0 Å². The van der Waals surface area contributed by atoms with Gasteiger partial charge in [-0.2, -0.15) is 0 Å². The van der Waals surface area contributed by atoms with Crippen LogP contribution in [0, 0.1) is 5.92 Å². The Bertz CT molecular complexity index is 210. The van der Waals surface area contributed by atoms with Crippen molar-refractivity contribution >= 4 is 0 Å². The molecule has 0 N–H and O–H groups in total. The van der Waals surface area contributed by atoms with Gasteiger partial charge in [0.25, 0.3) is 0 Å². The van der Waals surface area contributed by atoms with Crippen molar-refractivity contribution in [1.82, 2.24) is 14.7 Å². The summed E-state index contributed by atoms with van der Waals surface area (Å²) >= 11 is 0. The highest BCUT2D eigenvalue weighted by molar-refractivity contribution is 4.74. The molecule has 0 amide bonds. The van der Waals surface area contributed by atoms with Crippen molar-refractivity contribution < 1.29 is 0 Å². The molecule has 0 aliphatic carbocycles. The Morgan fingerprint density at radius 2 is 1.78 bits per heavy atom. The van der Waals surface area contributed by atoms with E-state index in [-0.39, 0.29) is 0 Å². The lowest BCUT2D eigenvalue weighted by molar-refractivity contribution is 0.148. The third-order valence-corrected chi connectivity index (χ3v) is 4.45. The summed E-state index contributed by atoms with van der Waals surface area (Å²) in [7, 11) is 4.47. The Balaban J connectivity index is 2.24. The maximum Gasteiger partial charge on any atom is 0.0109 e. The molecule has 108 valence electrons. The molecule has 0 spiro atoms. The Kier molecular flexibility index (Phi) is 7.20. The van der Waals surface area contributed by atoms with E-state index in [1.165, 1.54) is 52.1 Å². The van der Waals surface area contributed by atoms with Gasteiger partial charge in [-0.1, -0.05) is 6.92 Å². The second kappa shape index (κ2) is 8.13. The quantitative estimate of drug-likeness (QED) is 0.689. The smallest absolute Gasteiger partial charge is 0.0109 e. The van der Waals surface area contributed by atoms with Gasteiger partial charge in [0, 0.05) is 25.7 Å². The minimum absolute atomic E-state index is 0.659. The lowest BCUT2D eigenvalue weighted by Gasteiger charge is -2.33. The number of rotatable bonds is 7. The van der Waals surface area contributed by atoms with Crippen LogP contribution >= 0.6 is 0 Å².